The Labute approximate surface area is 206 Å². The topological polar surface area (TPSA) is 60.5 Å². The molecule has 0 radical (unpaired) electrons. The minimum atomic E-state index is 0.00580. The number of hydrogen-bond donors (Lipinski definition) is 0. The van der Waals surface area contributed by atoms with Crippen LogP contribution in [-0.4, -0.2) is 57.8 Å². The lowest BCUT2D eigenvalue weighted by atomic mass is 10.1. The first-order valence-electron chi connectivity index (χ1n) is 11.8. The van der Waals surface area contributed by atoms with Gasteiger partial charge in [0.25, 0.3) is 5.91 Å². The van der Waals surface area contributed by atoms with Gasteiger partial charge in [0.15, 0.2) is 11.5 Å². The van der Waals surface area contributed by atoms with Crippen LogP contribution in [0.5, 0.6) is 23.0 Å². The standard InChI is InChI=1S/C28H32N2O5/c1-4-34-24-14-13-21(19-22(24)20-35-27-12-8-7-11-26(27)33-3)28(31)30-17-15-29(16-18-30)23-9-5-6-10-25(23)32-2/h5-14,19H,4,15-18,20H2,1-3H3. The smallest absolute Gasteiger partial charge is 0.253 e. The predicted octanol–water partition coefficient (Wildman–Crippen LogP) is 4.64. The van der Waals surface area contributed by atoms with Crippen LogP contribution in [0.25, 0.3) is 0 Å². The van der Waals surface area contributed by atoms with Crippen LogP contribution in [0.15, 0.2) is 66.7 Å². The minimum Gasteiger partial charge on any atom is -0.495 e. The summed E-state index contributed by atoms with van der Waals surface area (Å²) in [5, 5.41) is 0. The van der Waals surface area contributed by atoms with E-state index >= 15 is 0 Å². The fourth-order valence-electron chi connectivity index (χ4n) is 4.24. The van der Waals surface area contributed by atoms with Crippen molar-refractivity contribution in [1.29, 1.82) is 0 Å². The maximum absolute atomic E-state index is 13.3. The van der Waals surface area contributed by atoms with Gasteiger partial charge in [-0.2, -0.15) is 0 Å². The Morgan fingerprint density at radius 3 is 2.11 bits per heavy atom. The van der Waals surface area contributed by atoms with Crippen LogP contribution in [0.4, 0.5) is 5.69 Å². The molecule has 7 heteroatoms. The van der Waals surface area contributed by atoms with E-state index in [0.29, 0.717) is 42.5 Å². The van der Waals surface area contributed by atoms with Gasteiger partial charge < -0.3 is 28.7 Å². The van der Waals surface area contributed by atoms with Crippen LogP contribution in [0, 0.1) is 0 Å². The number of amides is 1. The zero-order chi connectivity index (χ0) is 24.6. The molecule has 1 fully saturated rings. The zero-order valence-corrected chi connectivity index (χ0v) is 20.5. The lowest BCUT2D eigenvalue weighted by Crippen LogP contribution is -2.48. The molecule has 1 aliphatic rings. The molecule has 1 heterocycles. The summed E-state index contributed by atoms with van der Waals surface area (Å²) in [6, 6.07) is 21.0. The third kappa shape index (κ3) is 5.62. The van der Waals surface area contributed by atoms with Crippen LogP contribution < -0.4 is 23.8 Å². The van der Waals surface area contributed by atoms with Crippen molar-refractivity contribution in [3.8, 4) is 23.0 Å². The van der Waals surface area contributed by atoms with Gasteiger partial charge in [0.1, 0.15) is 18.1 Å². The number of carbonyl (C=O) groups is 1. The Bertz CT molecular complexity index is 1140. The van der Waals surface area contributed by atoms with Gasteiger partial charge in [-0.15, -0.1) is 0 Å². The molecule has 0 spiro atoms. The summed E-state index contributed by atoms with van der Waals surface area (Å²) < 4.78 is 22.7. The third-order valence-corrected chi connectivity index (χ3v) is 6.05. The maximum Gasteiger partial charge on any atom is 0.253 e. The van der Waals surface area contributed by atoms with E-state index in [-0.39, 0.29) is 12.5 Å². The van der Waals surface area contributed by atoms with Crippen molar-refractivity contribution in [3.63, 3.8) is 0 Å². The first-order chi connectivity index (χ1) is 17.1. The third-order valence-electron chi connectivity index (χ3n) is 6.05. The molecule has 1 saturated heterocycles. The van der Waals surface area contributed by atoms with E-state index in [9.17, 15) is 4.79 Å². The van der Waals surface area contributed by atoms with Gasteiger partial charge in [-0.05, 0) is 49.4 Å². The second-order valence-electron chi connectivity index (χ2n) is 8.15. The number of methoxy groups -OCH3 is 2. The van der Waals surface area contributed by atoms with E-state index in [1.54, 1.807) is 14.2 Å². The van der Waals surface area contributed by atoms with Gasteiger partial charge in [-0.3, -0.25) is 4.79 Å². The summed E-state index contributed by atoms with van der Waals surface area (Å²) in [6.07, 6.45) is 0. The average Bonchev–Trinajstić information content (AvgIpc) is 2.92. The first-order valence-corrected chi connectivity index (χ1v) is 11.8. The highest BCUT2D eigenvalue weighted by molar-refractivity contribution is 5.94. The van der Waals surface area contributed by atoms with E-state index in [2.05, 4.69) is 11.0 Å². The molecule has 0 N–H and O–H groups in total. The van der Waals surface area contributed by atoms with Gasteiger partial charge in [-0.25, -0.2) is 0 Å². The molecule has 0 aliphatic carbocycles. The zero-order valence-electron chi connectivity index (χ0n) is 20.5. The highest BCUT2D eigenvalue weighted by Crippen LogP contribution is 2.30. The Kier molecular flexibility index (Phi) is 7.98. The lowest BCUT2D eigenvalue weighted by molar-refractivity contribution is 0.0746. The van der Waals surface area contributed by atoms with E-state index in [0.717, 1.165) is 30.1 Å². The number of rotatable bonds is 9. The summed E-state index contributed by atoms with van der Waals surface area (Å²) in [4.78, 5) is 17.5. The van der Waals surface area contributed by atoms with E-state index < -0.39 is 0 Å². The number of nitrogens with zero attached hydrogens (tertiary/aromatic N) is 2. The summed E-state index contributed by atoms with van der Waals surface area (Å²) in [6.45, 7) is 5.48. The normalized spacial score (nSPS) is 13.3. The van der Waals surface area contributed by atoms with Crippen molar-refractivity contribution in [3.05, 3.63) is 77.9 Å². The Morgan fingerprint density at radius 2 is 1.43 bits per heavy atom. The molecule has 3 aromatic rings. The molecule has 7 nitrogen and oxygen atoms in total. The molecule has 1 aliphatic heterocycles. The molecular weight excluding hydrogens is 444 g/mol. The van der Waals surface area contributed by atoms with E-state index in [4.69, 9.17) is 18.9 Å². The van der Waals surface area contributed by atoms with Gasteiger partial charge in [-0.1, -0.05) is 24.3 Å². The van der Waals surface area contributed by atoms with Crippen LogP contribution in [0.1, 0.15) is 22.8 Å². The molecule has 35 heavy (non-hydrogen) atoms. The SMILES string of the molecule is CCOc1ccc(C(=O)N2CCN(c3ccccc3OC)CC2)cc1COc1ccccc1OC. The van der Waals surface area contributed by atoms with Crippen molar-refractivity contribution in [2.75, 3.05) is 51.9 Å². The molecule has 4 rings (SSSR count). The van der Waals surface area contributed by atoms with Crippen molar-refractivity contribution in [1.82, 2.24) is 4.90 Å². The number of ether oxygens (including phenoxy) is 4. The Hall–Kier alpha value is -3.87. The second kappa shape index (κ2) is 11.5. The fraction of sp³-hybridized carbons (Fsp3) is 0.321. The number of carbonyl (C=O) groups excluding carboxylic acids is 1. The van der Waals surface area contributed by atoms with Crippen molar-refractivity contribution < 1.29 is 23.7 Å². The molecule has 0 saturated carbocycles. The van der Waals surface area contributed by atoms with Gasteiger partial charge in [0, 0.05) is 37.3 Å². The fourth-order valence-corrected chi connectivity index (χ4v) is 4.24. The van der Waals surface area contributed by atoms with Crippen LogP contribution in [-0.2, 0) is 6.61 Å². The van der Waals surface area contributed by atoms with E-state index in [1.165, 1.54) is 0 Å². The Balaban J connectivity index is 1.46. The monoisotopic (exact) mass is 476 g/mol. The molecule has 0 aromatic heterocycles. The van der Waals surface area contributed by atoms with Crippen molar-refractivity contribution in [2.45, 2.75) is 13.5 Å². The molecule has 1 amide bonds. The number of para-hydroxylation sites is 4. The highest BCUT2D eigenvalue weighted by Gasteiger charge is 2.24. The molecule has 0 unspecified atom stereocenters. The maximum atomic E-state index is 13.3. The lowest BCUT2D eigenvalue weighted by Gasteiger charge is -2.36. The van der Waals surface area contributed by atoms with Gasteiger partial charge in [0.05, 0.1) is 26.5 Å². The largest absolute Gasteiger partial charge is 0.495 e. The number of piperazine rings is 1. The Morgan fingerprint density at radius 1 is 0.771 bits per heavy atom. The number of anilines is 1. The van der Waals surface area contributed by atoms with Gasteiger partial charge >= 0.3 is 0 Å². The number of hydrogen-bond acceptors (Lipinski definition) is 6. The molecule has 0 atom stereocenters. The highest BCUT2D eigenvalue weighted by atomic mass is 16.5. The van der Waals surface area contributed by atoms with E-state index in [1.807, 2.05) is 72.5 Å². The summed E-state index contributed by atoms with van der Waals surface area (Å²) >= 11 is 0. The molecule has 184 valence electrons. The summed E-state index contributed by atoms with van der Waals surface area (Å²) in [5.74, 6) is 2.86. The summed E-state index contributed by atoms with van der Waals surface area (Å²) in [7, 11) is 3.29. The quantitative estimate of drug-likeness (QED) is 0.448. The van der Waals surface area contributed by atoms with Gasteiger partial charge in [0.2, 0.25) is 0 Å². The molecule has 0 bridgehead atoms. The van der Waals surface area contributed by atoms with Crippen molar-refractivity contribution in [2.24, 2.45) is 0 Å². The van der Waals surface area contributed by atoms with Crippen LogP contribution in [0.2, 0.25) is 0 Å². The average molecular weight is 477 g/mol. The second-order valence-corrected chi connectivity index (χ2v) is 8.15. The predicted molar refractivity (Wildman–Crippen MR) is 136 cm³/mol. The molecular formula is C28H32N2O5. The number of benzene rings is 3. The first kappa shape index (κ1) is 24.3. The van der Waals surface area contributed by atoms with Crippen LogP contribution >= 0.6 is 0 Å². The minimum absolute atomic E-state index is 0.00580. The molecule has 3 aromatic carbocycles. The van der Waals surface area contributed by atoms with Crippen molar-refractivity contribution >= 4 is 11.6 Å². The van der Waals surface area contributed by atoms with Crippen LogP contribution in [0.3, 0.4) is 0 Å². The summed E-state index contributed by atoms with van der Waals surface area (Å²) in [5.41, 5.74) is 2.49.